The molecule has 0 radical (unpaired) electrons. The molecule has 31 heavy (non-hydrogen) atoms. The molecular weight excluding hydrogens is 498 g/mol. The van der Waals surface area contributed by atoms with Crippen LogP contribution in [0.25, 0.3) is 10.2 Å². The first-order chi connectivity index (χ1) is 14.8. The summed E-state index contributed by atoms with van der Waals surface area (Å²) in [6.07, 6.45) is 1.75. The summed E-state index contributed by atoms with van der Waals surface area (Å²) < 4.78 is 31.3. The number of carbonyl (C=O) groups excluding carboxylic acids is 1. The van der Waals surface area contributed by atoms with E-state index in [1.54, 1.807) is 12.1 Å². The van der Waals surface area contributed by atoms with Crippen molar-refractivity contribution in [2.75, 3.05) is 13.1 Å². The van der Waals surface area contributed by atoms with Crippen LogP contribution in [0.2, 0.25) is 0 Å². The molecule has 9 heteroatoms. The van der Waals surface area contributed by atoms with Gasteiger partial charge in [0.15, 0.2) is 4.80 Å². The van der Waals surface area contributed by atoms with E-state index >= 15 is 0 Å². The van der Waals surface area contributed by atoms with Crippen LogP contribution in [-0.2, 0) is 16.6 Å². The van der Waals surface area contributed by atoms with Gasteiger partial charge in [-0.15, -0.1) is 0 Å². The molecule has 1 fully saturated rings. The van der Waals surface area contributed by atoms with Crippen molar-refractivity contribution in [2.24, 2.45) is 10.9 Å². The Morgan fingerprint density at radius 3 is 2.48 bits per heavy atom. The van der Waals surface area contributed by atoms with E-state index < -0.39 is 10.0 Å². The number of hydrogen-bond acceptors (Lipinski definition) is 4. The second kappa shape index (κ2) is 8.97. The average Bonchev–Trinajstić information content (AvgIpc) is 3.09. The monoisotopic (exact) mass is 521 g/mol. The van der Waals surface area contributed by atoms with Gasteiger partial charge in [-0.3, -0.25) is 4.79 Å². The van der Waals surface area contributed by atoms with Gasteiger partial charge in [-0.05, 0) is 68.1 Å². The molecule has 0 aliphatic carbocycles. The Morgan fingerprint density at radius 2 is 1.84 bits per heavy atom. The molecule has 1 aliphatic rings. The number of halogens is 1. The molecule has 0 N–H and O–H groups in total. The van der Waals surface area contributed by atoms with Gasteiger partial charge in [-0.25, -0.2) is 8.42 Å². The zero-order valence-corrected chi connectivity index (χ0v) is 20.6. The lowest BCUT2D eigenvalue weighted by Gasteiger charge is -2.29. The Balaban J connectivity index is 1.61. The molecule has 1 amide bonds. The maximum absolute atomic E-state index is 12.9. The molecule has 6 nitrogen and oxygen atoms in total. The fourth-order valence-electron chi connectivity index (χ4n) is 3.73. The highest BCUT2D eigenvalue weighted by molar-refractivity contribution is 9.10. The minimum absolute atomic E-state index is 0.217. The normalized spacial score (nSPS) is 16.8. The maximum atomic E-state index is 12.9. The number of sulfonamides is 1. The Hall–Kier alpha value is -1.81. The predicted molar refractivity (Wildman–Crippen MR) is 127 cm³/mol. The minimum atomic E-state index is -3.53. The first-order valence-electron chi connectivity index (χ1n) is 10.3. The van der Waals surface area contributed by atoms with Crippen molar-refractivity contribution in [1.82, 2.24) is 8.87 Å². The molecule has 164 valence electrons. The van der Waals surface area contributed by atoms with Crippen LogP contribution in [0.3, 0.4) is 0 Å². The van der Waals surface area contributed by atoms with Gasteiger partial charge in [0.25, 0.3) is 5.91 Å². The van der Waals surface area contributed by atoms with E-state index in [-0.39, 0.29) is 10.8 Å². The van der Waals surface area contributed by atoms with E-state index in [0.717, 1.165) is 27.5 Å². The third kappa shape index (κ3) is 4.55. The van der Waals surface area contributed by atoms with Gasteiger partial charge in [0.1, 0.15) is 0 Å². The van der Waals surface area contributed by atoms with Gasteiger partial charge in [0, 0.05) is 29.7 Å². The Labute approximate surface area is 194 Å². The van der Waals surface area contributed by atoms with Crippen LogP contribution in [0.1, 0.15) is 37.0 Å². The Bertz CT molecular complexity index is 1290. The number of benzene rings is 2. The fourth-order valence-corrected chi connectivity index (χ4v) is 6.85. The number of rotatable bonds is 4. The Morgan fingerprint density at radius 1 is 1.16 bits per heavy atom. The first-order valence-corrected chi connectivity index (χ1v) is 13.3. The van der Waals surface area contributed by atoms with Crippen LogP contribution in [-0.4, -0.2) is 36.3 Å². The van der Waals surface area contributed by atoms with Crippen LogP contribution in [0.4, 0.5) is 0 Å². The molecule has 3 aromatic rings. The molecule has 1 saturated heterocycles. The summed E-state index contributed by atoms with van der Waals surface area (Å²) in [6.45, 7) is 5.93. The molecule has 1 aromatic heterocycles. The fraction of sp³-hybridized carbons (Fsp3) is 0.364. The second-order valence-electron chi connectivity index (χ2n) is 7.77. The average molecular weight is 522 g/mol. The first kappa shape index (κ1) is 22.4. The molecule has 0 unspecified atom stereocenters. The van der Waals surface area contributed by atoms with E-state index in [9.17, 15) is 13.2 Å². The van der Waals surface area contributed by atoms with E-state index in [2.05, 4.69) is 27.8 Å². The van der Waals surface area contributed by atoms with Gasteiger partial charge in [0.05, 0.1) is 15.1 Å². The van der Waals surface area contributed by atoms with Crippen LogP contribution in [0.5, 0.6) is 0 Å². The third-order valence-corrected chi connectivity index (χ3v) is 9.09. The lowest BCUT2D eigenvalue weighted by atomic mass is 10.0. The van der Waals surface area contributed by atoms with E-state index in [1.807, 2.05) is 29.7 Å². The largest absolute Gasteiger partial charge is 0.317 e. The summed E-state index contributed by atoms with van der Waals surface area (Å²) in [4.78, 5) is 17.9. The van der Waals surface area contributed by atoms with Gasteiger partial charge < -0.3 is 4.57 Å². The topological polar surface area (TPSA) is 71.7 Å². The number of carbonyl (C=O) groups is 1. The van der Waals surface area contributed by atoms with Gasteiger partial charge in [0.2, 0.25) is 10.0 Å². The van der Waals surface area contributed by atoms with Crippen LogP contribution >= 0.6 is 27.3 Å². The van der Waals surface area contributed by atoms with Gasteiger partial charge in [-0.2, -0.15) is 9.30 Å². The quantitative estimate of drug-likeness (QED) is 0.501. The van der Waals surface area contributed by atoms with Crippen molar-refractivity contribution in [3.8, 4) is 0 Å². The summed E-state index contributed by atoms with van der Waals surface area (Å²) in [6, 6.07) is 12.1. The number of fused-ring (bicyclic) bond motifs is 1. The lowest BCUT2D eigenvalue weighted by Crippen LogP contribution is -2.37. The number of aromatic nitrogens is 1. The number of amides is 1. The summed E-state index contributed by atoms with van der Waals surface area (Å²) in [5.41, 5.74) is 1.40. The second-order valence-corrected chi connectivity index (χ2v) is 11.6. The SMILES string of the molecule is CCn1c(=NC(=O)c2ccc(S(=O)(=O)N3CCC(C)CC3)cc2)sc2cc(Br)ccc21. The highest BCUT2D eigenvalue weighted by atomic mass is 79.9. The smallest absolute Gasteiger partial charge is 0.279 e. The molecule has 0 spiro atoms. The lowest BCUT2D eigenvalue weighted by molar-refractivity contribution is 0.0997. The molecule has 4 rings (SSSR count). The molecule has 1 aliphatic heterocycles. The molecule has 0 bridgehead atoms. The molecule has 0 saturated carbocycles. The number of hydrogen-bond donors (Lipinski definition) is 0. The third-order valence-electron chi connectivity index (χ3n) is 5.64. The molecule has 0 atom stereocenters. The summed E-state index contributed by atoms with van der Waals surface area (Å²) in [5, 5.41) is 0. The van der Waals surface area contributed by atoms with Gasteiger partial charge >= 0.3 is 0 Å². The highest BCUT2D eigenvalue weighted by Gasteiger charge is 2.28. The van der Waals surface area contributed by atoms with Crippen molar-refractivity contribution in [2.45, 2.75) is 38.1 Å². The number of thiazole rings is 1. The van der Waals surface area contributed by atoms with Crippen LogP contribution < -0.4 is 4.80 Å². The van der Waals surface area contributed by atoms with Crippen molar-refractivity contribution >= 4 is 53.4 Å². The van der Waals surface area contributed by atoms with Crippen molar-refractivity contribution < 1.29 is 13.2 Å². The maximum Gasteiger partial charge on any atom is 0.279 e. The Kier molecular flexibility index (Phi) is 6.48. The minimum Gasteiger partial charge on any atom is -0.317 e. The van der Waals surface area contributed by atoms with Crippen LogP contribution in [0.15, 0.2) is 56.8 Å². The molecule has 2 heterocycles. The summed E-state index contributed by atoms with van der Waals surface area (Å²) >= 11 is 4.93. The number of nitrogens with zero attached hydrogens (tertiary/aromatic N) is 3. The summed E-state index contributed by atoms with van der Waals surface area (Å²) in [5.74, 6) is 0.164. The zero-order valence-electron chi connectivity index (χ0n) is 17.4. The molecular formula is C22H24BrN3O3S2. The highest BCUT2D eigenvalue weighted by Crippen LogP contribution is 2.24. The summed E-state index contributed by atoms with van der Waals surface area (Å²) in [7, 11) is -3.53. The van der Waals surface area contributed by atoms with E-state index in [0.29, 0.717) is 35.9 Å². The molecule has 2 aromatic carbocycles. The zero-order chi connectivity index (χ0) is 22.2. The van der Waals surface area contributed by atoms with Crippen LogP contribution in [0, 0.1) is 5.92 Å². The number of piperidine rings is 1. The van der Waals surface area contributed by atoms with Gasteiger partial charge in [-0.1, -0.05) is 34.2 Å². The van der Waals surface area contributed by atoms with E-state index in [4.69, 9.17) is 0 Å². The standard InChI is InChI=1S/C22H24BrN3O3S2/c1-3-26-19-9-6-17(23)14-20(19)30-22(26)24-21(27)16-4-7-18(8-5-16)31(28,29)25-12-10-15(2)11-13-25/h4-9,14-15H,3,10-13H2,1-2H3. The van der Waals surface area contributed by atoms with Crippen molar-refractivity contribution in [1.29, 1.82) is 0 Å². The van der Waals surface area contributed by atoms with Crippen molar-refractivity contribution in [3.05, 3.63) is 57.3 Å². The predicted octanol–water partition coefficient (Wildman–Crippen LogP) is 4.65. The van der Waals surface area contributed by atoms with E-state index in [1.165, 1.54) is 27.8 Å². The van der Waals surface area contributed by atoms with Crippen molar-refractivity contribution in [3.63, 3.8) is 0 Å². The number of aryl methyl sites for hydroxylation is 1.